The van der Waals surface area contributed by atoms with Crippen LogP contribution in [-0.4, -0.2) is 27.3 Å². The van der Waals surface area contributed by atoms with Gasteiger partial charge in [-0.25, -0.2) is 13.1 Å². The lowest BCUT2D eigenvalue weighted by atomic mass is 10.1. The van der Waals surface area contributed by atoms with E-state index in [1.807, 2.05) is 6.26 Å². The Bertz CT molecular complexity index is 578. The molecular weight excluding hydrogens is 316 g/mol. The number of sulfonamides is 1. The third kappa shape index (κ3) is 3.49. The van der Waals surface area contributed by atoms with Gasteiger partial charge in [0, 0.05) is 10.9 Å². The highest BCUT2D eigenvalue weighted by Gasteiger charge is 2.30. The summed E-state index contributed by atoms with van der Waals surface area (Å²) in [7, 11) is -3.53. The van der Waals surface area contributed by atoms with Crippen LogP contribution in [0.4, 0.5) is 0 Å². The summed E-state index contributed by atoms with van der Waals surface area (Å²) in [6.07, 6.45) is 4.74. The van der Waals surface area contributed by atoms with Crippen molar-refractivity contribution < 1.29 is 8.42 Å². The van der Waals surface area contributed by atoms with Crippen molar-refractivity contribution in [3.8, 4) is 0 Å². The minimum absolute atomic E-state index is 0.0657. The molecule has 0 radical (unpaired) electrons. The molecule has 7 heteroatoms. The predicted octanol–water partition coefficient (Wildman–Crippen LogP) is 2.47. The number of nitrogens with two attached hydrogens (primary N) is 1. The molecule has 1 aromatic carbocycles. The minimum Gasteiger partial charge on any atom is -0.330 e. The van der Waals surface area contributed by atoms with E-state index in [4.69, 9.17) is 17.3 Å². The number of hydrogen-bond acceptors (Lipinski definition) is 4. The molecule has 0 aliphatic heterocycles. The Kier molecular flexibility index (Phi) is 5.36. The first-order valence-corrected chi connectivity index (χ1v) is 9.62. The van der Waals surface area contributed by atoms with E-state index < -0.39 is 10.0 Å². The van der Waals surface area contributed by atoms with Crippen molar-refractivity contribution in [3.05, 3.63) is 23.2 Å². The Labute approximate surface area is 129 Å². The number of nitrogens with one attached hydrogen (secondary N) is 1. The van der Waals surface area contributed by atoms with Gasteiger partial charge in [0.25, 0.3) is 0 Å². The molecule has 1 aromatic rings. The number of benzene rings is 1. The third-order valence-electron chi connectivity index (χ3n) is 3.70. The Morgan fingerprint density at radius 1 is 1.45 bits per heavy atom. The maximum atomic E-state index is 12.4. The standard InChI is InChI=1S/C13H19ClN2O2S2/c1-19-13-6-5-10(7-11(13)14)20(17,18)16-12-4-2-3-9(12)8-15/h5-7,9,12,16H,2-4,8,15H2,1H3. The average molecular weight is 335 g/mol. The summed E-state index contributed by atoms with van der Waals surface area (Å²) in [4.78, 5) is 1.08. The second-order valence-electron chi connectivity index (χ2n) is 4.95. The molecule has 1 aliphatic carbocycles. The SMILES string of the molecule is CSc1ccc(S(=O)(=O)NC2CCCC2CN)cc1Cl. The molecule has 1 saturated carbocycles. The molecule has 4 nitrogen and oxygen atoms in total. The largest absolute Gasteiger partial charge is 0.330 e. The van der Waals surface area contributed by atoms with E-state index in [-0.39, 0.29) is 16.9 Å². The van der Waals surface area contributed by atoms with Crippen molar-refractivity contribution >= 4 is 33.4 Å². The monoisotopic (exact) mass is 334 g/mol. The van der Waals surface area contributed by atoms with E-state index >= 15 is 0 Å². The Hall–Kier alpha value is -0.270. The van der Waals surface area contributed by atoms with Gasteiger partial charge in [-0.3, -0.25) is 0 Å². The van der Waals surface area contributed by atoms with Gasteiger partial charge in [-0.2, -0.15) is 0 Å². The molecule has 0 amide bonds. The van der Waals surface area contributed by atoms with Crippen LogP contribution < -0.4 is 10.5 Å². The van der Waals surface area contributed by atoms with Crippen molar-refractivity contribution in [3.63, 3.8) is 0 Å². The molecule has 20 heavy (non-hydrogen) atoms. The number of thioether (sulfide) groups is 1. The van der Waals surface area contributed by atoms with Gasteiger partial charge in [0.1, 0.15) is 0 Å². The summed E-state index contributed by atoms with van der Waals surface area (Å²) in [5, 5.41) is 0.460. The fourth-order valence-electron chi connectivity index (χ4n) is 2.56. The zero-order chi connectivity index (χ0) is 14.8. The second-order valence-corrected chi connectivity index (χ2v) is 7.92. The van der Waals surface area contributed by atoms with Gasteiger partial charge >= 0.3 is 0 Å². The highest BCUT2D eigenvalue weighted by atomic mass is 35.5. The Balaban J connectivity index is 2.20. The van der Waals surface area contributed by atoms with E-state index in [1.54, 1.807) is 12.1 Å². The summed E-state index contributed by atoms with van der Waals surface area (Å²) < 4.78 is 27.5. The zero-order valence-electron chi connectivity index (χ0n) is 11.3. The third-order valence-corrected chi connectivity index (χ3v) is 6.41. The van der Waals surface area contributed by atoms with Gasteiger partial charge in [0.15, 0.2) is 0 Å². The van der Waals surface area contributed by atoms with Gasteiger partial charge < -0.3 is 5.73 Å². The fraction of sp³-hybridized carbons (Fsp3) is 0.538. The first-order chi connectivity index (χ1) is 9.47. The molecule has 112 valence electrons. The summed E-state index contributed by atoms with van der Waals surface area (Å²) >= 11 is 7.56. The van der Waals surface area contributed by atoms with E-state index in [0.717, 1.165) is 24.2 Å². The minimum atomic E-state index is -3.53. The summed E-state index contributed by atoms with van der Waals surface area (Å²) in [5.41, 5.74) is 5.69. The Morgan fingerprint density at radius 2 is 2.20 bits per heavy atom. The Morgan fingerprint density at radius 3 is 2.80 bits per heavy atom. The van der Waals surface area contributed by atoms with Crippen LogP contribution in [0.2, 0.25) is 5.02 Å². The molecule has 0 aromatic heterocycles. The van der Waals surface area contributed by atoms with Crippen molar-refractivity contribution in [1.82, 2.24) is 4.72 Å². The first-order valence-electron chi connectivity index (χ1n) is 6.54. The predicted molar refractivity (Wildman–Crippen MR) is 83.7 cm³/mol. The van der Waals surface area contributed by atoms with E-state index in [9.17, 15) is 8.42 Å². The molecule has 3 N–H and O–H groups in total. The summed E-state index contributed by atoms with van der Waals surface area (Å²) in [6, 6.07) is 4.76. The molecule has 2 atom stereocenters. The van der Waals surface area contributed by atoms with E-state index in [0.29, 0.717) is 11.6 Å². The maximum Gasteiger partial charge on any atom is 0.240 e. The topological polar surface area (TPSA) is 72.2 Å². The maximum absolute atomic E-state index is 12.4. The molecule has 0 bridgehead atoms. The van der Waals surface area contributed by atoms with Gasteiger partial charge in [-0.05, 0) is 49.8 Å². The molecule has 0 heterocycles. The van der Waals surface area contributed by atoms with Gasteiger partial charge in [0.05, 0.1) is 9.92 Å². The van der Waals surface area contributed by atoms with Crippen LogP contribution in [0.25, 0.3) is 0 Å². The lowest BCUT2D eigenvalue weighted by molar-refractivity contribution is 0.453. The second kappa shape index (κ2) is 6.66. The van der Waals surface area contributed by atoms with Crippen LogP contribution in [0, 0.1) is 5.92 Å². The average Bonchev–Trinajstić information content (AvgIpc) is 2.85. The first kappa shape index (κ1) is 16.1. The number of hydrogen-bond donors (Lipinski definition) is 2. The summed E-state index contributed by atoms with van der Waals surface area (Å²) in [5.74, 6) is 0.228. The lowest BCUT2D eigenvalue weighted by Gasteiger charge is -2.19. The smallest absolute Gasteiger partial charge is 0.240 e. The van der Waals surface area contributed by atoms with Crippen molar-refractivity contribution in [2.45, 2.75) is 35.1 Å². The molecule has 2 rings (SSSR count). The normalized spacial score (nSPS) is 23.1. The zero-order valence-corrected chi connectivity index (χ0v) is 13.7. The van der Waals surface area contributed by atoms with Gasteiger partial charge in [-0.1, -0.05) is 18.0 Å². The summed E-state index contributed by atoms with van der Waals surface area (Å²) in [6.45, 7) is 0.513. The van der Waals surface area contributed by atoms with Crippen LogP contribution in [0.5, 0.6) is 0 Å². The van der Waals surface area contributed by atoms with E-state index in [1.165, 1.54) is 17.8 Å². The number of halogens is 1. The highest BCUT2D eigenvalue weighted by molar-refractivity contribution is 7.98. The van der Waals surface area contributed by atoms with Crippen molar-refractivity contribution in [2.24, 2.45) is 11.7 Å². The number of rotatable bonds is 5. The molecule has 0 saturated heterocycles. The van der Waals surface area contributed by atoms with Gasteiger partial charge in [-0.15, -0.1) is 11.8 Å². The van der Waals surface area contributed by atoms with Crippen LogP contribution >= 0.6 is 23.4 Å². The molecule has 0 spiro atoms. The van der Waals surface area contributed by atoms with Crippen LogP contribution in [0.1, 0.15) is 19.3 Å². The van der Waals surface area contributed by atoms with Crippen molar-refractivity contribution in [2.75, 3.05) is 12.8 Å². The quantitative estimate of drug-likeness (QED) is 0.811. The van der Waals surface area contributed by atoms with Gasteiger partial charge in [0.2, 0.25) is 10.0 Å². The van der Waals surface area contributed by atoms with Crippen LogP contribution in [0.3, 0.4) is 0 Å². The molecule has 2 unspecified atom stereocenters. The molecular formula is C13H19ClN2O2S2. The lowest BCUT2D eigenvalue weighted by Crippen LogP contribution is -2.39. The van der Waals surface area contributed by atoms with Crippen molar-refractivity contribution in [1.29, 1.82) is 0 Å². The van der Waals surface area contributed by atoms with E-state index in [2.05, 4.69) is 4.72 Å². The molecule has 1 aliphatic rings. The fourth-order valence-corrected chi connectivity index (χ4v) is 4.86. The van der Waals surface area contributed by atoms with Crippen LogP contribution in [-0.2, 0) is 10.0 Å². The van der Waals surface area contributed by atoms with Crippen LogP contribution in [0.15, 0.2) is 28.0 Å². The molecule has 1 fully saturated rings. The highest BCUT2D eigenvalue weighted by Crippen LogP contribution is 2.29.